The molecule has 0 saturated carbocycles. The topological polar surface area (TPSA) is 129 Å². The van der Waals surface area contributed by atoms with Crippen molar-refractivity contribution < 1.29 is 48.0 Å². The molecule has 0 radical (unpaired) electrons. The van der Waals surface area contributed by atoms with Gasteiger partial charge in [0.1, 0.15) is 18.8 Å². The third kappa shape index (κ3) is 41.4. The van der Waals surface area contributed by atoms with Crippen LogP contribution in [0.15, 0.2) is 0 Å². The maximum atomic E-state index is 13.5. The largest absolute Gasteiger partial charge is 0.455 e. The van der Waals surface area contributed by atoms with Crippen LogP contribution in [0.3, 0.4) is 0 Å². The summed E-state index contributed by atoms with van der Waals surface area (Å²) in [4.78, 5) is 40.2. The van der Waals surface area contributed by atoms with Gasteiger partial charge in [-0.05, 0) is 19.3 Å². The molecule has 10 nitrogen and oxygen atoms in total. The molecule has 0 bridgehead atoms. The van der Waals surface area contributed by atoms with Gasteiger partial charge in [-0.15, -0.1) is 0 Å². The third-order valence-corrected chi connectivity index (χ3v) is 15.4. The van der Waals surface area contributed by atoms with Gasteiger partial charge < -0.3 is 33.6 Å². The second-order valence-electron chi connectivity index (χ2n) is 24.0. The second kappa shape index (κ2) is 49.5. The molecule has 0 aromatic rings. The van der Waals surface area contributed by atoms with Crippen LogP contribution in [0.1, 0.15) is 329 Å². The predicted octanol–water partition coefficient (Wildman–Crippen LogP) is 17.3. The number of carbonyl (C=O) groups is 3. The Morgan fingerprint density at radius 2 is 0.622 bits per heavy atom. The summed E-state index contributed by atoms with van der Waals surface area (Å²) in [7, 11) is 5.87. The normalized spacial score (nSPS) is 18.4. The van der Waals surface area contributed by atoms with Gasteiger partial charge in [0.05, 0.1) is 21.1 Å². The number of aliphatic hydroxyl groups excluding tert-OH is 2. The molecule has 0 amide bonds. The summed E-state index contributed by atoms with van der Waals surface area (Å²) in [5.74, 6) is -1.44. The fraction of sp³-hybridized carbons (Fsp3) is 0.953. The van der Waals surface area contributed by atoms with Crippen molar-refractivity contribution in [2.75, 3.05) is 27.7 Å². The van der Waals surface area contributed by atoms with Gasteiger partial charge in [0.25, 0.3) is 0 Å². The van der Waals surface area contributed by atoms with Crippen molar-refractivity contribution in [2.45, 2.75) is 366 Å². The highest BCUT2D eigenvalue weighted by molar-refractivity contribution is 5.71. The number of hydrogen-bond acceptors (Lipinski definition) is 9. The average Bonchev–Trinajstić information content (AvgIpc) is 3.36. The number of rotatable bonds is 54. The van der Waals surface area contributed by atoms with E-state index in [2.05, 4.69) is 20.8 Å². The van der Waals surface area contributed by atoms with E-state index in [-0.39, 0.29) is 31.8 Å². The average molecular weight is 1050 g/mol. The van der Waals surface area contributed by atoms with E-state index in [0.29, 0.717) is 23.7 Å². The minimum atomic E-state index is -1.69. The van der Waals surface area contributed by atoms with Crippen LogP contribution in [-0.2, 0) is 33.3 Å². The SMILES string of the molecule is CCCCCCCCCCCCCCCCCC(=O)OC(C[N+](C)(C)C)[C@H]1O[C@@H](O)[C@H](OC(=O)CCCCCCCCCCCCCCCCC)[C@@H](OC(=O)CCCCCCCCCCCCCCCCC)[C@@H]1O. The molecule has 1 aliphatic rings. The van der Waals surface area contributed by atoms with Crippen molar-refractivity contribution >= 4 is 17.9 Å². The highest BCUT2D eigenvalue weighted by atomic mass is 16.7. The van der Waals surface area contributed by atoms with Crippen molar-refractivity contribution in [3.8, 4) is 0 Å². The van der Waals surface area contributed by atoms with Gasteiger partial charge in [0.15, 0.2) is 24.6 Å². The number of nitrogens with zero attached hydrogens (tertiary/aromatic N) is 1. The van der Waals surface area contributed by atoms with Crippen LogP contribution in [0.5, 0.6) is 0 Å². The van der Waals surface area contributed by atoms with E-state index in [1.165, 1.54) is 218 Å². The quantitative estimate of drug-likeness (QED) is 0.0265. The molecule has 1 aliphatic heterocycles. The Morgan fingerprint density at radius 3 is 0.892 bits per heavy atom. The zero-order valence-corrected chi connectivity index (χ0v) is 49.8. The molecule has 1 unspecified atom stereocenters. The summed E-state index contributed by atoms with van der Waals surface area (Å²) >= 11 is 0. The summed E-state index contributed by atoms with van der Waals surface area (Å²) in [6.07, 6.45) is 47.5. The van der Waals surface area contributed by atoms with E-state index in [4.69, 9.17) is 18.9 Å². The summed E-state index contributed by atoms with van der Waals surface area (Å²) < 4.78 is 24.3. The van der Waals surface area contributed by atoms with E-state index in [1.807, 2.05) is 21.1 Å². The van der Waals surface area contributed by atoms with Crippen LogP contribution in [0.2, 0.25) is 0 Å². The number of hydrogen-bond donors (Lipinski definition) is 2. The molecule has 0 spiro atoms. The Morgan fingerprint density at radius 1 is 0.378 bits per heavy atom. The molecular weight excluding hydrogens is 927 g/mol. The number of unbranched alkanes of at least 4 members (excludes halogenated alkanes) is 42. The van der Waals surface area contributed by atoms with Crippen molar-refractivity contribution in [3.05, 3.63) is 0 Å². The van der Waals surface area contributed by atoms with Gasteiger partial charge in [-0.3, -0.25) is 14.4 Å². The number of aliphatic hydroxyl groups is 2. The molecule has 74 heavy (non-hydrogen) atoms. The summed E-state index contributed by atoms with van der Waals surface area (Å²) in [5, 5.41) is 23.5. The molecule has 438 valence electrons. The van der Waals surface area contributed by atoms with Crippen LogP contribution >= 0.6 is 0 Å². The zero-order valence-electron chi connectivity index (χ0n) is 49.8. The molecule has 1 heterocycles. The molecule has 0 aromatic carbocycles. The van der Waals surface area contributed by atoms with Crippen LogP contribution in [0.4, 0.5) is 0 Å². The molecule has 1 rings (SSSR count). The van der Waals surface area contributed by atoms with Gasteiger partial charge in [-0.1, -0.05) is 290 Å². The lowest BCUT2D eigenvalue weighted by molar-refractivity contribution is -0.874. The highest BCUT2D eigenvalue weighted by Gasteiger charge is 2.53. The lowest BCUT2D eigenvalue weighted by Crippen LogP contribution is -2.65. The van der Waals surface area contributed by atoms with E-state index < -0.39 is 48.7 Å². The number of quaternary nitrogens is 1. The first-order chi connectivity index (χ1) is 35.9. The lowest BCUT2D eigenvalue weighted by Gasteiger charge is -2.44. The first-order valence-electron chi connectivity index (χ1n) is 32.3. The Balaban J connectivity index is 2.72. The molecule has 0 aliphatic carbocycles. The van der Waals surface area contributed by atoms with Crippen molar-refractivity contribution in [3.63, 3.8) is 0 Å². The molecule has 1 saturated heterocycles. The Bertz CT molecular complexity index is 1270. The van der Waals surface area contributed by atoms with E-state index >= 15 is 0 Å². The molecule has 10 heteroatoms. The summed E-state index contributed by atoms with van der Waals surface area (Å²) in [5.41, 5.74) is 0. The first kappa shape index (κ1) is 70.3. The molecule has 6 atom stereocenters. The monoisotopic (exact) mass is 1050 g/mol. The van der Waals surface area contributed by atoms with E-state index in [9.17, 15) is 24.6 Å². The molecular formula is C64H124NO9+. The van der Waals surface area contributed by atoms with Gasteiger partial charge in [0.2, 0.25) is 0 Å². The second-order valence-corrected chi connectivity index (χ2v) is 24.0. The summed E-state index contributed by atoms with van der Waals surface area (Å²) in [6.45, 7) is 7.07. The van der Waals surface area contributed by atoms with Crippen LogP contribution in [-0.4, -0.2) is 97.1 Å². The maximum absolute atomic E-state index is 13.5. The number of esters is 3. The van der Waals surface area contributed by atoms with Gasteiger partial charge in [-0.2, -0.15) is 0 Å². The molecule has 0 aromatic heterocycles. The van der Waals surface area contributed by atoms with Gasteiger partial charge in [0, 0.05) is 19.3 Å². The molecule has 2 N–H and O–H groups in total. The number of carbonyl (C=O) groups excluding carboxylic acids is 3. The van der Waals surface area contributed by atoms with Crippen molar-refractivity contribution in [1.29, 1.82) is 0 Å². The maximum Gasteiger partial charge on any atom is 0.306 e. The molecule has 1 fully saturated rings. The van der Waals surface area contributed by atoms with Crippen LogP contribution in [0, 0.1) is 0 Å². The Labute approximate surface area is 457 Å². The van der Waals surface area contributed by atoms with E-state index in [1.54, 1.807) is 0 Å². The van der Waals surface area contributed by atoms with Crippen LogP contribution in [0.25, 0.3) is 0 Å². The predicted molar refractivity (Wildman–Crippen MR) is 308 cm³/mol. The Hall–Kier alpha value is -1.75. The Kier molecular flexibility index (Phi) is 47.0. The van der Waals surface area contributed by atoms with Gasteiger partial charge in [-0.25, -0.2) is 0 Å². The third-order valence-electron chi connectivity index (χ3n) is 15.4. The minimum absolute atomic E-state index is 0.152. The smallest absolute Gasteiger partial charge is 0.306 e. The standard InChI is InChI=1S/C64H124NO9/c1-7-10-13-16-19-22-25-28-31-34-37-40-43-46-49-52-57(66)71-56(55-65(4,5)6)61-60(69)62(72-58(67)53-50-47-44-41-38-35-32-29-26-23-20-17-14-11-8-2)63(64(70)74-61)73-59(68)54-51-48-45-42-39-36-33-30-27-24-21-18-15-12-9-3/h56,60-64,69-70H,7-55H2,1-6H3/q+1/t56?,60-,61-,62+,63-,64-/m1/s1. The fourth-order valence-corrected chi connectivity index (χ4v) is 10.8. The zero-order chi connectivity index (χ0) is 54.2. The van der Waals surface area contributed by atoms with Crippen molar-refractivity contribution in [2.24, 2.45) is 0 Å². The number of likely N-dealkylation sites (N-methyl/N-ethyl adjacent to an activating group) is 1. The lowest BCUT2D eigenvalue weighted by atomic mass is 9.94. The van der Waals surface area contributed by atoms with Crippen molar-refractivity contribution in [1.82, 2.24) is 0 Å². The number of ether oxygens (including phenoxy) is 4. The van der Waals surface area contributed by atoms with Gasteiger partial charge >= 0.3 is 17.9 Å². The fourth-order valence-electron chi connectivity index (χ4n) is 10.8. The summed E-state index contributed by atoms with van der Waals surface area (Å²) in [6, 6.07) is 0. The van der Waals surface area contributed by atoms with E-state index in [0.717, 1.165) is 51.4 Å². The minimum Gasteiger partial charge on any atom is -0.455 e. The highest BCUT2D eigenvalue weighted by Crippen LogP contribution is 2.30. The van der Waals surface area contributed by atoms with Crippen LogP contribution < -0.4 is 0 Å². The first-order valence-corrected chi connectivity index (χ1v) is 32.3.